The maximum Gasteiger partial charge on any atom is 0.433 e. The molecule has 1 aromatic carbocycles. The number of halogens is 4. The summed E-state index contributed by atoms with van der Waals surface area (Å²) < 4.78 is 51.6. The van der Waals surface area contributed by atoms with Crippen molar-refractivity contribution in [2.75, 3.05) is 11.9 Å². The lowest BCUT2D eigenvalue weighted by Gasteiger charge is -2.16. The number of hydrogen-bond acceptors (Lipinski definition) is 5. The van der Waals surface area contributed by atoms with E-state index in [2.05, 4.69) is 15.4 Å². The predicted octanol–water partition coefficient (Wildman–Crippen LogP) is 4.51. The highest BCUT2D eigenvalue weighted by Gasteiger charge is 2.34. The minimum Gasteiger partial charge on any atom is -0.348 e. The van der Waals surface area contributed by atoms with Gasteiger partial charge >= 0.3 is 6.18 Å². The Morgan fingerprint density at radius 3 is 2.81 bits per heavy atom. The number of fused-ring (bicyclic) bond motifs is 1. The Labute approximate surface area is 180 Å². The minimum atomic E-state index is -4.65. The van der Waals surface area contributed by atoms with E-state index in [1.54, 1.807) is 23.0 Å². The monoisotopic (exact) mass is 454 g/mol. The number of nitrogens with zero attached hydrogens (tertiary/aromatic N) is 3. The highest BCUT2D eigenvalue weighted by atomic mass is 35.5. The van der Waals surface area contributed by atoms with Gasteiger partial charge in [-0.05, 0) is 38.1 Å². The average molecular weight is 455 g/mol. The number of alkyl halides is 3. The summed E-state index contributed by atoms with van der Waals surface area (Å²) in [6.45, 7) is 4.57. The molecular formula is C20H18ClF3N4O3. The molecule has 7 nitrogen and oxygen atoms in total. The third kappa shape index (κ3) is 4.81. The van der Waals surface area contributed by atoms with Crippen LogP contribution < -0.4 is 5.32 Å². The van der Waals surface area contributed by atoms with Crippen LogP contribution in [0.2, 0.25) is 5.02 Å². The van der Waals surface area contributed by atoms with Gasteiger partial charge in [0.05, 0.1) is 29.4 Å². The van der Waals surface area contributed by atoms with Gasteiger partial charge in [0, 0.05) is 11.6 Å². The number of carbonyl (C=O) groups is 1. The van der Waals surface area contributed by atoms with Gasteiger partial charge in [0.15, 0.2) is 5.79 Å². The SMILES string of the molecule is CC1(C)OC[C@@H](Cn2cc3cc(NC(=O)c4cccc(C(F)(F)F)n4)c(Cl)cc3n2)O1. The number of ether oxygens (including phenoxy) is 2. The van der Waals surface area contributed by atoms with Crippen LogP contribution in [0.5, 0.6) is 0 Å². The molecule has 11 heteroatoms. The van der Waals surface area contributed by atoms with Gasteiger partial charge in [-0.25, -0.2) is 4.98 Å². The first-order chi connectivity index (χ1) is 14.5. The summed E-state index contributed by atoms with van der Waals surface area (Å²) in [5, 5.41) is 7.84. The highest BCUT2D eigenvalue weighted by molar-refractivity contribution is 6.34. The second-order valence-electron chi connectivity index (χ2n) is 7.55. The molecule has 1 aliphatic rings. The summed E-state index contributed by atoms with van der Waals surface area (Å²) in [4.78, 5) is 15.8. The Bertz CT molecular complexity index is 1150. The van der Waals surface area contributed by atoms with Crippen LogP contribution in [0.15, 0.2) is 36.5 Å². The van der Waals surface area contributed by atoms with Crippen molar-refractivity contribution in [1.82, 2.24) is 14.8 Å². The molecule has 1 N–H and O–H groups in total. The molecule has 31 heavy (non-hydrogen) atoms. The smallest absolute Gasteiger partial charge is 0.348 e. The van der Waals surface area contributed by atoms with Gasteiger partial charge in [-0.2, -0.15) is 18.3 Å². The van der Waals surface area contributed by atoms with Gasteiger partial charge in [-0.15, -0.1) is 0 Å². The molecule has 0 saturated carbocycles. The topological polar surface area (TPSA) is 78.3 Å². The first-order valence-corrected chi connectivity index (χ1v) is 9.72. The van der Waals surface area contributed by atoms with Gasteiger partial charge in [0.1, 0.15) is 17.5 Å². The molecule has 164 valence electrons. The maximum absolute atomic E-state index is 12.8. The van der Waals surface area contributed by atoms with E-state index in [1.807, 2.05) is 13.8 Å². The Balaban J connectivity index is 1.53. The van der Waals surface area contributed by atoms with Crippen LogP contribution in [0.4, 0.5) is 18.9 Å². The first-order valence-electron chi connectivity index (χ1n) is 9.34. The average Bonchev–Trinajstić information content (AvgIpc) is 3.22. The van der Waals surface area contributed by atoms with E-state index in [0.717, 1.165) is 12.1 Å². The van der Waals surface area contributed by atoms with E-state index < -0.39 is 23.6 Å². The zero-order valence-electron chi connectivity index (χ0n) is 16.5. The van der Waals surface area contributed by atoms with Crippen molar-refractivity contribution < 1.29 is 27.4 Å². The van der Waals surface area contributed by atoms with E-state index in [9.17, 15) is 18.0 Å². The molecule has 4 rings (SSSR count). The van der Waals surface area contributed by atoms with E-state index in [0.29, 0.717) is 24.1 Å². The van der Waals surface area contributed by atoms with Crippen LogP contribution in [-0.2, 0) is 22.2 Å². The van der Waals surface area contributed by atoms with Crippen LogP contribution in [0.25, 0.3) is 10.9 Å². The van der Waals surface area contributed by atoms with E-state index in [1.165, 1.54) is 6.07 Å². The second-order valence-corrected chi connectivity index (χ2v) is 7.96. The zero-order chi connectivity index (χ0) is 22.4. The fourth-order valence-electron chi connectivity index (χ4n) is 3.25. The number of carbonyl (C=O) groups excluding carboxylic acids is 1. The largest absolute Gasteiger partial charge is 0.433 e. The summed E-state index contributed by atoms with van der Waals surface area (Å²) in [5.41, 5.74) is -0.690. The van der Waals surface area contributed by atoms with Crippen molar-refractivity contribution in [3.05, 3.63) is 52.9 Å². The Morgan fingerprint density at radius 2 is 2.13 bits per heavy atom. The van der Waals surface area contributed by atoms with Crippen LogP contribution in [0.3, 0.4) is 0 Å². The van der Waals surface area contributed by atoms with Crippen LogP contribution >= 0.6 is 11.6 Å². The molecule has 0 bridgehead atoms. The highest BCUT2D eigenvalue weighted by Crippen LogP contribution is 2.30. The normalized spacial score (nSPS) is 18.5. The molecule has 0 unspecified atom stereocenters. The van der Waals surface area contributed by atoms with Crippen molar-refractivity contribution in [3.63, 3.8) is 0 Å². The number of rotatable bonds is 4. The van der Waals surface area contributed by atoms with Gasteiger partial charge in [0.2, 0.25) is 0 Å². The number of anilines is 1. The molecule has 1 amide bonds. The molecule has 1 fully saturated rings. The van der Waals surface area contributed by atoms with Crippen molar-refractivity contribution >= 4 is 34.1 Å². The molecule has 0 spiro atoms. The third-order valence-electron chi connectivity index (χ3n) is 4.62. The quantitative estimate of drug-likeness (QED) is 0.627. The van der Waals surface area contributed by atoms with Crippen molar-refractivity contribution in [1.29, 1.82) is 0 Å². The summed E-state index contributed by atoms with van der Waals surface area (Å²) in [6, 6.07) is 6.28. The molecule has 0 radical (unpaired) electrons. The fraction of sp³-hybridized carbons (Fsp3) is 0.350. The molecule has 1 atom stereocenters. The van der Waals surface area contributed by atoms with Gasteiger partial charge in [-0.1, -0.05) is 17.7 Å². The standard InChI is InChI=1S/C20H18ClF3N4O3/c1-19(2)30-10-12(31-19)9-28-8-11-6-16(13(21)7-15(11)27-28)26-18(29)14-4-3-5-17(25-14)20(22,23)24/h3-8,12H,9-10H2,1-2H3,(H,26,29)/t12-/m1/s1. The number of nitrogens with one attached hydrogen (secondary N) is 1. The van der Waals surface area contributed by atoms with Gasteiger partial charge in [0.25, 0.3) is 5.91 Å². The van der Waals surface area contributed by atoms with Crippen LogP contribution in [-0.4, -0.2) is 39.2 Å². The van der Waals surface area contributed by atoms with Crippen LogP contribution in [0, 0.1) is 0 Å². The summed E-state index contributed by atoms with van der Waals surface area (Å²) in [6.07, 6.45) is -3.05. The van der Waals surface area contributed by atoms with Crippen molar-refractivity contribution in [2.24, 2.45) is 0 Å². The van der Waals surface area contributed by atoms with Gasteiger partial charge < -0.3 is 14.8 Å². The zero-order valence-corrected chi connectivity index (χ0v) is 17.3. The number of amides is 1. The molecular weight excluding hydrogens is 437 g/mol. The first kappa shape index (κ1) is 21.5. The number of pyridine rings is 1. The molecule has 3 heterocycles. The summed E-state index contributed by atoms with van der Waals surface area (Å²) in [5.74, 6) is -1.45. The van der Waals surface area contributed by atoms with Crippen molar-refractivity contribution in [3.8, 4) is 0 Å². The minimum absolute atomic E-state index is 0.161. The second kappa shape index (κ2) is 7.77. The van der Waals surface area contributed by atoms with Crippen molar-refractivity contribution in [2.45, 2.75) is 38.5 Å². The number of hydrogen-bond donors (Lipinski definition) is 1. The van der Waals surface area contributed by atoms with Crippen LogP contribution in [0.1, 0.15) is 30.0 Å². The summed E-state index contributed by atoms with van der Waals surface area (Å²) in [7, 11) is 0. The van der Waals surface area contributed by atoms with E-state index in [-0.39, 0.29) is 22.5 Å². The number of benzene rings is 1. The maximum atomic E-state index is 12.8. The van der Waals surface area contributed by atoms with Gasteiger partial charge in [-0.3, -0.25) is 9.48 Å². The Morgan fingerprint density at radius 1 is 1.35 bits per heavy atom. The third-order valence-corrected chi connectivity index (χ3v) is 4.93. The van der Waals surface area contributed by atoms with E-state index >= 15 is 0 Å². The lowest BCUT2D eigenvalue weighted by molar-refractivity contribution is -0.141. The summed E-state index contributed by atoms with van der Waals surface area (Å²) >= 11 is 6.25. The predicted molar refractivity (Wildman–Crippen MR) is 107 cm³/mol. The lowest BCUT2D eigenvalue weighted by atomic mass is 10.2. The molecule has 0 aliphatic carbocycles. The van der Waals surface area contributed by atoms with E-state index in [4.69, 9.17) is 21.1 Å². The molecule has 1 aliphatic heterocycles. The Kier molecular flexibility index (Phi) is 5.40. The Hall–Kier alpha value is -2.69. The lowest BCUT2D eigenvalue weighted by Crippen LogP contribution is -2.24. The molecule has 1 saturated heterocycles. The molecule has 3 aromatic rings. The molecule has 2 aromatic heterocycles. The fourth-order valence-corrected chi connectivity index (χ4v) is 3.46. The number of aromatic nitrogens is 3.